The van der Waals surface area contributed by atoms with Crippen molar-refractivity contribution in [2.75, 3.05) is 6.54 Å². The van der Waals surface area contributed by atoms with E-state index in [4.69, 9.17) is 10.7 Å². The molecule has 0 radical (unpaired) electrons. The Balaban J connectivity index is 1.78. The molecule has 0 aromatic carbocycles. The highest BCUT2D eigenvalue weighted by atomic mass is 32.1. The molecule has 0 atom stereocenters. The molecule has 3 nitrogen and oxygen atoms in total. The number of nitrogens with two attached hydrogens (primary N) is 1. The van der Waals surface area contributed by atoms with E-state index in [0.29, 0.717) is 5.41 Å². The van der Waals surface area contributed by atoms with Crippen molar-refractivity contribution in [2.24, 2.45) is 11.1 Å². The summed E-state index contributed by atoms with van der Waals surface area (Å²) in [4.78, 5) is 8.76. The van der Waals surface area contributed by atoms with Crippen LogP contribution in [0.3, 0.4) is 0 Å². The van der Waals surface area contributed by atoms with Crippen LogP contribution in [0, 0.1) is 5.41 Å². The first-order valence-corrected chi connectivity index (χ1v) is 7.24. The van der Waals surface area contributed by atoms with E-state index >= 15 is 0 Å². The maximum atomic E-state index is 5.90. The summed E-state index contributed by atoms with van der Waals surface area (Å²) in [6.45, 7) is 0.789. The first-order chi connectivity index (χ1) is 8.81. The minimum absolute atomic E-state index is 0.341. The van der Waals surface area contributed by atoms with Gasteiger partial charge >= 0.3 is 0 Å². The summed E-state index contributed by atoms with van der Waals surface area (Å²) in [6.07, 6.45) is 8.49. The molecule has 0 amide bonds. The van der Waals surface area contributed by atoms with Crippen LogP contribution in [0.1, 0.15) is 24.3 Å². The fourth-order valence-electron chi connectivity index (χ4n) is 2.50. The van der Waals surface area contributed by atoms with E-state index in [2.05, 4.69) is 10.4 Å². The van der Waals surface area contributed by atoms with Gasteiger partial charge in [-0.05, 0) is 36.9 Å². The molecular formula is C14H17N3S. The van der Waals surface area contributed by atoms with Crippen molar-refractivity contribution in [3.8, 4) is 11.3 Å². The highest BCUT2D eigenvalue weighted by molar-refractivity contribution is 7.09. The van der Waals surface area contributed by atoms with Gasteiger partial charge in [0.05, 0.1) is 10.7 Å². The van der Waals surface area contributed by atoms with Crippen LogP contribution in [0.2, 0.25) is 0 Å². The van der Waals surface area contributed by atoms with Gasteiger partial charge in [-0.25, -0.2) is 4.98 Å². The molecule has 1 aliphatic rings. The summed E-state index contributed by atoms with van der Waals surface area (Å²) in [7, 11) is 0. The molecule has 0 unspecified atom stereocenters. The lowest BCUT2D eigenvalue weighted by atomic mass is 9.67. The SMILES string of the molecule is NCC1(Cc2nc(-c3ccncc3)cs2)CCC1. The number of pyridine rings is 1. The molecule has 2 heterocycles. The Hall–Kier alpha value is -1.26. The maximum absolute atomic E-state index is 5.90. The van der Waals surface area contributed by atoms with Gasteiger partial charge in [-0.1, -0.05) is 6.42 Å². The molecule has 3 rings (SSSR count). The molecule has 0 saturated heterocycles. The highest BCUT2D eigenvalue weighted by Crippen LogP contribution is 2.43. The van der Waals surface area contributed by atoms with Crippen molar-refractivity contribution >= 4 is 11.3 Å². The first kappa shape index (κ1) is 11.8. The van der Waals surface area contributed by atoms with Crippen molar-refractivity contribution in [3.63, 3.8) is 0 Å². The van der Waals surface area contributed by atoms with Crippen molar-refractivity contribution in [1.29, 1.82) is 0 Å². The van der Waals surface area contributed by atoms with Crippen LogP contribution in [0.25, 0.3) is 11.3 Å². The fraction of sp³-hybridized carbons (Fsp3) is 0.429. The Bertz CT molecular complexity index is 511. The highest BCUT2D eigenvalue weighted by Gasteiger charge is 2.36. The second kappa shape index (κ2) is 4.78. The standard InChI is InChI=1S/C14H17N3S/c15-10-14(4-1-5-14)8-13-17-12(9-18-13)11-2-6-16-7-3-11/h2-3,6-7,9H,1,4-5,8,10,15H2. The van der Waals surface area contributed by atoms with Crippen molar-refractivity contribution < 1.29 is 0 Å². The van der Waals surface area contributed by atoms with E-state index in [9.17, 15) is 0 Å². The molecule has 1 saturated carbocycles. The molecule has 2 aromatic rings. The predicted octanol–water partition coefficient (Wildman–Crippen LogP) is 2.88. The summed E-state index contributed by atoms with van der Waals surface area (Å²) in [6, 6.07) is 4.00. The number of thiazole rings is 1. The minimum atomic E-state index is 0.341. The summed E-state index contributed by atoms with van der Waals surface area (Å²) in [5, 5.41) is 3.35. The Morgan fingerprint density at radius 1 is 1.28 bits per heavy atom. The number of rotatable bonds is 4. The van der Waals surface area contributed by atoms with Gasteiger partial charge in [-0.2, -0.15) is 0 Å². The zero-order valence-electron chi connectivity index (χ0n) is 10.3. The van der Waals surface area contributed by atoms with Gasteiger partial charge in [-0.15, -0.1) is 11.3 Å². The largest absolute Gasteiger partial charge is 0.330 e. The first-order valence-electron chi connectivity index (χ1n) is 6.36. The average Bonchev–Trinajstić information content (AvgIpc) is 2.83. The summed E-state index contributed by atoms with van der Waals surface area (Å²) in [5.41, 5.74) is 8.44. The third-order valence-corrected chi connectivity index (χ3v) is 4.75. The van der Waals surface area contributed by atoms with Crippen LogP contribution >= 0.6 is 11.3 Å². The number of aromatic nitrogens is 2. The van der Waals surface area contributed by atoms with Gasteiger partial charge in [0.25, 0.3) is 0 Å². The third kappa shape index (κ3) is 2.18. The molecule has 1 aliphatic carbocycles. The van der Waals surface area contributed by atoms with Gasteiger partial charge in [0, 0.05) is 29.8 Å². The van der Waals surface area contributed by atoms with E-state index in [-0.39, 0.29) is 0 Å². The van der Waals surface area contributed by atoms with Crippen LogP contribution < -0.4 is 5.73 Å². The van der Waals surface area contributed by atoms with E-state index in [1.54, 1.807) is 11.3 Å². The molecule has 0 aliphatic heterocycles. The Labute approximate surface area is 111 Å². The summed E-state index contributed by atoms with van der Waals surface area (Å²) >= 11 is 1.75. The van der Waals surface area contributed by atoms with Gasteiger partial charge in [0.1, 0.15) is 0 Å². The number of hydrogen-bond donors (Lipinski definition) is 1. The number of hydrogen-bond acceptors (Lipinski definition) is 4. The molecule has 4 heteroatoms. The summed E-state index contributed by atoms with van der Waals surface area (Å²) in [5.74, 6) is 0. The second-order valence-electron chi connectivity index (χ2n) is 5.10. The van der Waals surface area contributed by atoms with Crippen LogP contribution in [-0.4, -0.2) is 16.5 Å². The second-order valence-corrected chi connectivity index (χ2v) is 6.04. The maximum Gasteiger partial charge on any atom is 0.0938 e. The minimum Gasteiger partial charge on any atom is -0.330 e. The smallest absolute Gasteiger partial charge is 0.0938 e. The van der Waals surface area contributed by atoms with E-state index < -0.39 is 0 Å². The van der Waals surface area contributed by atoms with Gasteiger partial charge in [-0.3, -0.25) is 4.98 Å². The van der Waals surface area contributed by atoms with Crippen molar-refractivity contribution in [3.05, 3.63) is 34.9 Å². The fourth-order valence-corrected chi connectivity index (χ4v) is 3.48. The van der Waals surface area contributed by atoms with E-state index in [0.717, 1.165) is 24.2 Å². The van der Waals surface area contributed by atoms with E-state index in [1.807, 2.05) is 24.5 Å². The lowest BCUT2D eigenvalue weighted by molar-refractivity contribution is 0.145. The van der Waals surface area contributed by atoms with Gasteiger partial charge in [0.2, 0.25) is 0 Å². The molecule has 94 valence electrons. The zero-order valence-corrected chi connectivity index (χ0v) is 11.1. The Kier molecular flexibility index (Phi) is 3.14. The lowest BCUT2D eigenvalue weighted by Crippen LogP contribution is -2.39. The quantitative estimate of drug-likeness (QED) is 0.918. The monoisotopic (exact) mass is 259 g/mol. The Morgan fingerprint density at radius 3 is 2.67 bits per heavy atom. The van der Waals surface area contributed by atoms with E-state index in [1.165, 1.54) is 24.3 Å². The molecule has 0 spiro atoms. The van der Waals surface area contributed by atoms with Crippen molar-refractivity contribution in [2.45, 2.75) is 25.7 Å². The normalized spacial score (nSPS) is 17.4. The third-order valence-electron chi connectivity index (χ3n) is 3.90. The topological polar surface area (TPSA) is 51.8 Å². The van der Waals surface area contributed by atoms with Crippen LogP contribution in [0.5, 0.6) is 0 Å². The van der Waals surface area contributed by atoms with Crippen molar-refractivity contribution in [1.82, 2.24) is 9.97 Å². The average molecular weight is 259 g/mol. The lowest BCUT2D eigenvalue weighted by Gasteiger charge is -2.40. The van der Waals surface area contributed by atoms with Crippen LogP contribution in [0.15, 0.2) is 29.9 Å². The van der Waals surface area contributed by atoms with Gasteiger partial charge < -0.3 is 5.73 Å². The summed E-state index contributed by atoms with van der Waals surface area (Å²) < 4.78 is 0. The van der Waals surface area contributed by atoms with Gasteiger partial charge in [0.15, 0.2) is 0 Å². The van der Waals surface area contributed by atoms with Crippen LogP contribution in [-0.2, 0) is 6.42 Å². The molecule has 2 N–H and O–H groups in total. The Morgan fingerprint density at radius 2 is 2.06 bits per heavy atom. The van der Waals surface area contributed by atoms with Crippen LogP contribution in [0.4, 0.5) is 0 Å². The molecular weight excluding hydrogens is 242 g/mol. The molecule has 2 aromatic heterocycles. The molecule has 1 fully saturated rings. The molecule has 0 bridgehead atoms. The molecule has 18 heavy (non-hydrogen) atoms. The zero-order chi connectivity index (χ0) is 12.4. The predicted molar refractivity (Wildman–Crippen MR) is 74.4 cm³/mol. The number of nitrogens with zero attached hydrogens (tertiary/aromatic N) is 2.